The Morgan fingerprint density at radius 3 is 2.49 bits per heavy atom. The van der Waals surface area contributed by atoms with Crippen LogP contribution in [0.15, 0.2) is 34.9 Å². The van der Waals surface area contributed by atoms with Crippen molar-refractivity contribution in [3.63, 3.8) is 0 Å². The molecule has 218 valence electrons. The minimum absolute atomic E-state index is 0.0600. The van der Waals surface area contributed by atoms with Crippen LogP contribution in [0.4, 0.5) is 0 Å². The van der Waals surface area contributed by atoms with Gasteiger partial charge < -0.3 is 24.4 Å². The molecule has 2 fully saturated rings. The molecule has 1 saturated heterocycles. The average Bonchev–Trinajstić information content (AvgIpc) is 3.40. The quantitative estimate of drug-likeness (QED) is 0.295. The lowest BCUT2D eigenvalue weighted by Crippen LogP contribution is -2.72. The lowest BCUT2D eigenvalue weighted by atomic mass is 9.51. The average molecular weight is 563 g/mol. The fourth-order valence-corrected chi connectivity index (χ4v) is 7.69. The van der Waals surface area contributed by atoms with Crippen molar-refractivity contribution in [3.8, 4) is 17.2 Å². The molecule has 4 bridgehead atoms. The molecule has 1 spiro atoms. The molecule has 0 aromatic heterocycles. The SMILES string of the molecule is CC(C)=CCc1c2c(c(O)c3c1O[C@@]14C(=C[C@H]5C[C@@H]1C(C)(C)O[C@]4(C/C=C(\C)C=O)C5=O)C3=O)C[C@@H](C(C)(C)O)O2. The molecular formula is C33H38O8. The largest absolute Gasteiger partial charge is 0.507 e. The summed E-state index contributed by atoms with van der Waals surface area (Å²) in [6, 6.07) is 0. The van der Waals surface area contributed by atoms with Gasteiger partial charge in [-0.3, -0.25) is 14.4 Å². The molecule has 1 saturated carbocycles. The van der Waals surface area contributed by atoms with Crippen LogP contribution in [-0.4, -0.2) is 56.6 Å². The van der Waals surface area contributed by atoms with Gasteiger partial charge in [0.05, 0.1) is 11.2 Å². The summed E-state index contributed by atoms with van der Waals surface area (Å²) in [5.41, 5.74) is -2.03. The van der Waals surface area contributed by atoms with Crippen molar-refractivity contribution in [1.82, 2.24) is 0 Å². The van der Waals surface area contributed by atoms with Crippen molar-refractivity contribution in [2.24, 2.45) is 11.8 Å². The number of aliphatic hydroxyl groups is 1. The predicted octanol–water partition coefficient (Wildman–Crippen LogP) is 4.52. The maximum atomic E-state index is 14.5. The third-order valence-corrected chi connectivity index (χ3v) is 9.72. The molecule has 3 aliphatic heterocycles. The summed E-state index contributed by atoms with van der Waals surface area (Å²) in [5, 5.41) is 22.4. The van der Waals surface area contributed by atoms with Gasteiger partial charge in [0.25, 0.3) is 0 Å². The third-order valence-electron chi connectivity index (χ3n) is 9.72. The van der Waals surface area contributed by atoms with Crippen molar-refractivity contribution in [2.75, 3.05) is 0 Å². The van der Waals surface area contributed by atoms with Gasteiger partial charge in [-0.1, -0.05) is 23.8 Å². The number of carbonyl (C=O) groups excluding carboxylic acids is 3. The second-order valence-electron chi connectivity index (χ2n) is 13.6. The Morgan fingerprint density at radius 2 is 1.85 bits per heavy atom. The first kappa shape index (κ1) is 27.9. The molecule has 1 aromatic rings. The first-order chi connectivity index (χ1) is 19.1. The molecule has 0 radical (unpaired) electrons. The van der Waals surface area contributed by atoms with Crippen molar-refractivity contribution in [2.45, 2.75) is 103 Å². The number of fused-ring (bicyclic) bond motifs is 2. The van der Waals surface area contributed by atoms with E-state index in [0.717, 1.165) is 11.9 Å². The lowest BCUT2D eigenvalue weighted by molar-refractivity contribution is -0.171. The highest BCUT2D eigenvalue weighted by Crippen LogP contribution is 2.68. The van der Waals surface area contributed by atoms with E-state index in [1.165, 1.54) is 0 Å². The number of aldehydes is 1. The maximum Gasteiger partial charge on any atom is 0.200 e. The molecule has 0 amide bonds. The topological polar surface area (TPSA) is 119 Å². The van der Waals surface area contributed by atoms with Crippen LogP contribution in [0.3, 0.4) is 0 Å². The number of hydrogen-bond acceptors (Lipinski definition) is 8. The minimum atomic E-state index is -1.52. The van der Waals surface area contributed by atoms with E-state index >= 15 is 0 Å². The highest BCUT2D eigenvalue weighted by molar-refractivity contribution is 6.18. The van der Waals surface area contributed by atoms with Crippen LogP contribution in [0.25, 0.3) is 0 Å². The number of Topliss-reactive ketones (excluding diaryl/α,β-unsaturated/α-hetero) is 2. The number of hydrogen-bond donors (Lipinski definition) is 2. The molecule has 41 heavy (non-hydrogen) atoms. The summed E-state index contributed by atoms with van der Waals surface area (Å²) in [6.45, 7) is 12.7. The van der Waals surface area contributed by atoms with E-state index in [9.17, 15) is 24.6 Å². The summed E-state index contributed by atoms with van der Waals surface area (Å²) in [6.07, 6.45) is 6.61. The van der Waals surface area contributed by atoms with Gasteiger partial charge in [0.15, 0.2) is 22.8 Å². The van der Waals surface area contributed by atoms with Crippen LogP contribution in [0.5, 0.6) is 17.2 Å². The van der Waals surface area contributed by atoms with Gasteiger partial charge in [0, 0.05) is 41.4 Å². The second-order valence-corrected chi connectivity index (χ2v) is 13.6. The molecule has 3 heterocycles. The number of benzene rings is 1. The zero-order valence-corrected chi connectivity index (χ0v) is 24.7. The zero-order valence-electron chi connectivity index (χ0n) is 24.7. The Morgan fingerprint density at radius 1 is 1.15 bits per heavy atom. The summed E-state index contributed by atoms with van der Waals surface area (Å²) in [4.78, 5) is 40.2. The molecule has 5 atom stereocenters. The number of ketones is 2. The van der Waals surface area contributed by atoms with E-state index in [1.54, 1.807) is 32.9 Å². The number of phenols is 1. The molecule has 3 aliphatic carbocycles. The summed E-state index contributed by atoms with van der Waals surface area (Å²) >= 11 is 0. The van der Waals surface area contributed by atoms with Crippen LogP contribution < -0.4 is 9.47 Å². The predicted molar refractivity (Wildman–Crippen MR) is 150 cm³/mol. The van der Waals surface area contributed by atoms with Gasteiger partial charge in [0.1, 0.15) is 35.2 Å². The third kappa shape index (κ3) is 3.56. The van der Waals surface area contributed by atoms with Crippen molar-refractivity contribution in [1.29, 1.82) is 0 Å². The molecule has 8 heteroatoms. The van der Waals surface area contributed by atoms with Crippen molar-refractivity contribution in [3.05, 3.63) is 51.6 Å². The fourth-order valence-electron chi connectivity index (χ4n) is 7.69. The standard InChI is InChI=1S/C33H38O8/c1-16(2)8-9-19-27-20(14-23(39-27)30(4,5)38)25(35)24-26(36)21-12-18-13-22-31(6,7)41-32(29(18)37,11-10-17(3)15-34)33(21,22)40-28(19)24/h8,10,12,15,18,22-23,35,38H,9,11,13-14H2,1-7H3/b17-10+/t18-,22+,23-,32+,33-/m0/s1. The smallest absolute Gasteiger partial charge is 0.200 e. The number of allylic oxidation sites excluding steroid dienone is 4. The molecule has 1 aromatic carbocycles. The van der Waals surface area contributed by atoms with E-state index in [0.29, 0.717) is 40.9 Å². The number of rotatable bonds is 6. The van der Waals surface area contributed by atoms with Crippen LogP contribution in [0.2, 0.25) is 0 Å². The van der Waals surface area contributed by atoms with Crippen molar-refractivity contribution < 1.29 is 38.8 Å². The van der Waals surface area contributed by atoms with Gasteiger partial charge >= 0.3 is 0 Å². The molecular weight excluding hydrogens is 524 g/mol. The Kier molecular flexibility index (Phi) is 5.89. The molecule has 6 aliphatic rings. The summed E-state index contributed by atoms with van der Waals surface area (Å²) in [7, 11) is 0. The minimum Gasteiger partial charge on any atom is -0.507 e. The zero-order chi connectivity index (χ0) is 29.9. The maximum absolute atomic E-state index is 14.5. The first-order valence-electron chi connectivity index (χ1n) is 14.3. The van der Waals surface area contributed by atoms with Crippen LogP contribution >= 0.6 is 0 Å². The second kappa shape index (κ2) is 8.65. The van der Waals surface area contributed by atoms with Gasteiger partial charge in [-0.05, 0) is 66.9 Å². The molecule has 7 rings (SSSR count). The fraction of sp³-hybridized carbons (Fsp3) is 0.545. The summed E-state index contributed by atoms with van der Waals surface area (Å²) in [5.74, 6) is -1.05. The lowest BCUT2D eigenvalue weighted by Gasteiger charge is -2.56. The van der Waals surface area contributed by atoms with E-state index in [-0.39, 0.29) is 47.4 Å². The first-order valence-corrected chi connectivity index (χ1v) is 14.3. The van der Waals surface area contributed by atoms with Gasteiger partial charge in [-0.25, -0.2) is 0 Å². The highest BCUT2D eigenvalue weighted by atomic mass is 16.6. The Labute approximate surface area is 240 Å². The Balaban J connectivity index is 1.63. The molecule has 0 unspecified atom stereocenters. The Hall–Kier alpha value is -3.23. The van der Waals surface area contributed by atoms with Gasteiger partial charge in [0.2, 0.25) is 0 Å². The molecule has 2 N–H and O–H groups in total. The van der Waals surface area contributed by atoms with E-state index in [4.69, 9.17) is 14.2 Å². The number of ether oxygens (including phenoxy) is 3. The highest BCUT2D eigenvalue weighted by Gasteiger charge is 2.81. The van der Waals surface area contributed by atoms with Crippen LogP contribution in [0, 0.1) is 11.8 Å². The van der Waals surface area contributed by atoms with E-state index in [2.05, 4.69) is 0 Å². The van der Waals surface area contributed by atoms with Gasteiger partial charge in [-0.2, -0.15) is 0 Å². The van der Waals surface area contributed by atoms with E-state index < -0.39 is 34.4 Å². The number of phenolic OH excluding ortho intramolecular Hbond substituents is 1. The number of aromatic hydroxyl groups is 1. The number of carbonyl (C=O) groups is 3. The van der Waals surface area contributed by atoms with E-state index in [1.807, 2.05) is 33.8 Å². The summed E-state index contributed by atoms with van der Waals surface area (Å²) < 4.78 is 20.0. The Bertz CT molecular complexity index is 1500. The van der Waals surface area contributed by atoms with Crippen LogP contribution in [-0.2, 0) is 27.2 Å². The monoisotopic (exact) mass is 562 g/mol. The van der Waals surface area contributed by atoms with Crippen molar-refractivity contribution >= 4 is 17.9 Å². The van der Waals surface area contributed by atoms with Gasteiger partial charge in [-0.15, -0.1) is 0 Å². The normalized spacial score (nSPS) is 32.4. The van der Waals surface area contributed by atoms with Crippen LogP contribution in [0.1, 0.15) is 82.8 Å². The molecule has 8 nitrogen and oxygen atoms in total.